The maximum absolute atomic E-state index is 12.3. The summed E-state index contributed by atoms with van der Waals surface area (Å²) in [6.07, 6.45) is 6.21. The minimum Gasteiger partial charge on any atom is -0.351 e. The normalized spacial score (nSPS) is 20.6. The maximum Gasteiger partial charge on any atom is 0.242 e. The van der Waals surface area contributed by atoms with Crippen LogP contribution in [0.5, 0.6) is 0 Å². The van der Waals surface area contributed by atoms with Crippen LogP contribution < -0.4 is 10.6 Å². The number of nitrogens with zero attached hydrogens (tertiary/aromatic N) is 1. The van der Waals surface area contributed by atoms with Gasteiger partial charge in [0.1, 0.15) is 6.04 Å². The van der Waals surface area contributed by atoms with Crippen molar-refractivity contribution in [2.75, 3.05) is 13.1 Å². The van der Waals surface area contributed by atoms with Gasteiger partial charge in [0.15, 0.2) is 0 Å². The molecule has 0 spiro atoms. The number of nitrogens with one attached hydrogen (secondary N) is 2. The average molecular weight is 351 g/mol. The van der Waals surface area contributed by atoms with Crippen molar-refractivity contribution in [1.82, 2.24) is 15.5 Å². The van der Waals surface area contributed by atoms with Crippen molar-refractivity contribution in [1.29, 1.82) is 0 Å². The number of rotatable bonds is 6. The Bertz CT molecular complexity index is 478. The van der Waals surface area contributed by atoms with Crippen LogP contribution in [0.3, 0.4) is 0 Å². The zero-order valence-corrected chi connectivity index (χ0v) is 15.8. The Morgan fingerprint density at radius 2 is 1.60 bits per heavy atom. The molecule has 3 amide bonds. The molecule has 2 fully saturated rings. The fourth-order valence-corrected chi connectivity index (χ4v) is 3.66. The summed E-state index contributed by atoms with van der Waals surface area (Å²) < 4.78 is 0. The van der Waals surface area contributed by atoms with Gasteiger partial charge in [-0.05, 0) is 38.5 Å². The molecule has 1 aliphatic carbocycles. The molecule has 1 heterocycles. The van der Waals surface area contributed by atoms with Crippen molar-refractivity contribution in [3.8, 4) is 0 Å². The number of hydrogen-bond donors (Lipinski definition) is 2. The molecule has 1 atom stereocenters. The minimum atomic E-state index is -0.506. The van der Waals surface area contributed by atoms with E-state index in [-0.39, 0.29) is 29.7 Å². The van der Waals surface area contributed by atoms with Crippen LogP contribution in [-0.2, 0) is 14.4 Å². The molecule has 1 unspecified atom stereocenters. The van der Waals surface area contributed by atoms with Gasteiger partial charge in [-0.1, -0.05) is 26.7 Å². The van der Waals surface area contributed by atoms with Crippen molar-refractivity contribution in [3.63, 3.8) is 0 Å². The van der Waals surface area contributed by atoms with E-state index in [4.69, 9.17) is 0 Å². The fraction of sp³-hybridized carbons (Fsp3) is 0.842. The van der Waals surface area contributed by atoms with Crippen LogP contribution in [0.15, 0.2) is 0 Å². The van der Waals surface area contributed by atoms with Gasteiger partial charge >= 0.3 is 0 Å². The molecule has 0 aromatic heterocycles. The summed E-state index contributed by atoms with van der Waals surface area (Å²) in [5.41, 5.74) is 0. The molecular weight excluding hydrogens is 318 g/mol. The highest BCUT2D eigenvalue weighted by molar-refractivity contribution is 5.88. The highest BCUT2D eigenvalue weighted by atomic mass is 16.2. The molecule has 0 aromatic carbocycles. The van der Waals surface area contributed by atoms with Gasteiger partial charge in [-0.25, -0.2) is 0 Å². The largest absolute Gasteiger partial charge is 0.351 e. The van der Waals surface area contributed by atoms with Crippen molar-refractivity contribution in [2.24, 2.45) is 11.8 Å². The third-order valence-corrected chi connectivity index (χ3v) is 5.25. The van der Waals surface area contributed by atoms with Gasteiger partial charge in [0.2, 0.25) is 17.7 Å². The molecule has 0 radical (unpaired) electrons. The highest BCUT2D eigenvalue weighted by Gasteiger charge is 2.28. The van der Waals surface area contributed by atoms with Gasteiger partial charge in [0.05, 0.1) is 0 Å². The van der Waals surface area contributed by atoms with Gasteiger partial charge < -0.3 is 15.5 Å². The number of hydrogen-bond acceptors (Lipinski definition) is 3. The summed E-state index contributed by atoms with van der Waals surface area (Å²) in [5, 5.41) is 5.87. The zero-order valence-electron chi connectivity index (χ0n) is 15.8. The number of carbonyl (C=O) groups is 3. The Morgan fingerprint density at radius 1 is 1.00 bits per heavy atom. The van der Waals surface area contributed by atoms with Crippen molar-refractivity contribution >= 4 is 17.7 Å². The van der Waals surface area contributed by atoms with Gasteiger partial charge in [0.25, 0.3) is 0 Å². The van der Waals surface area contributed by atoms with Crippen LogP contribution in [0.1, 0.15) is 65.7 Å². The van der Waals surface area contributed by atoms with Crippen LogP contribution in [0, 0.1) is 11.8 Å². The first-order valence-electron chi connectivity index (χ1n) is 9.75. The first-order chi connectivity index (χ1) is 11.9. The zero-order chi connectivity index (χ0) is 18.4. The first kappa shape index (κ1) is 19.7. The summed E-state index contributed by atoms with van der Waals surface area (Å²) in [6, 6.07) is -0.421. The summed E-state index contributed by atoms with van der Waals surface area (Å²) in [6.45, 7) is 7.22. The fourth-order valence-electron chi connectivity index (χ4n) is 3.66. The Balaban J connectivity index is 1.70. The van der Waals surface area contributed by atoms with Gasteiger partial charge in [-0.15, -0.1) is 0 Å². The Kier molecular flexibility index (Phi) is 7.26. The van der Waals surface area contributed by atoms with Crippen LogP contribution in [-0.4, -0.2) is 47.8 Å². The van der Waals surface area contributed by atoms with E-state index in [0.29, 0.717) is 25.4 Å². The summed E-state index contributed by atoms with van der Waals surface area (Å²) in [4.78, 5) is 38.4. The lowest BCUT2D eigenvalue weighted by molar-refractivity contribution is -0.134. The lowest BCUT2D eigenvalue weighted by Gasteiger charge is -2.33. The second kappa shape index (κ2) is 9.20. The second-order valence-electron chi connectivity index (χ2n) is 7.97. The third kappa shape index (κ3) is 6.01. The molecule has 2 aliphatic rings. The molecule has 1 saturated carbocycles. The van der Waals surface area contributed by atoms with Crippen LogP contribution in [0.2, 0.25) is 0 Å². The molecular formula is C19H33N3O3. The van der Waals surface area contributed by atoms with Crippen molar-refractivity contribution in [2.45, 2.75) is 77.8 Å². The molecule has 0 bridgehead atoms. The SMILES string of the molecule is CC(C)CC(=O)N1CCC(NC(=O)C(C)NC(=O)C2CCCC2)CC1. The number of carbonyl (C=O) groups excluding carboxylic acids is 3. The van der Waals surface area contributed by atoms with E-state index in [1.807, 2.05) is 18.7 Å². The summed E-state index contributed by atoms with van der Waals surface area (Å²) in [5.74, 6) is 0.532. The monoisotopic (exact) mass is 351 g/mol. The standard InChI is InChI=1S/C19H33N3O3/c1-13(2)12-17(23)22-10-8-16(9-11-22)21-18(24)14(3)20-19(25)15-6-4-5-7-15/h13-16H,4-12H2,1-3H3,(H,20,25)(H,21,24). The van der Waals surface area contributed by atoms with E-state index in [0.717, 1.165) is 38.5 Å². The molecule has 6 heteroatoms. The van der Waals surface area contributed by atoms with E-state index in [1.54, 1.807) is 6.92 Å². The molecule has 1 aliphatic heterocycles. The quantitative estimate of drug-likeness (QED) is 0.766. The lowest BCUT2D eigenvalue weighted by atomic mass is 10.0. The summed E-state index contributed by atoms with van der Waals surface area (Å²) >= 11 is 0. The predicted molar refractivity (Wildman–Crippen MR) is 96.8 cm³/mol. The summed E-state index contributed by atoms with van der Waals surface area (Å²) in [7, 11) is 0. The average Bonchev–Trinajstić information content (AvgIpc) is 3.09. The number of likely N-dealkylation sites (tertiary alicyclic amines) is 1. The van der Waals surface area contributed by atoms with E-state index in [9.17, 15) is 14.4 Å². The molecule has 0 aromatic rings. The highest BCUT2D eigenvalue weighted by Crippen LogP contribution is 2.24. The van der Waals surface area contributed by atoms with E-state index < -0.39 is 6.04 Å². The van der Waals surface area contributed by atoms with Gasteiger partial charge in [-0.2, -0.15) is 0 Å². The molecule has 2 N–H and O–H groups in total. The number of piperidine rings is 1. The first-order valence-corrected chi connectivity index (χ1v) is 9.75. The van der Waals surface area contributed by atoms with Crippen LogP contribution in [0.25, 0.3) is 0 Å². The Morgan fingerprint density at radius 3 is 2.16 bits per heavy atom. The van der Waals surface area contributed by atoms with Crippen molar-refractivity contribution < 1.29 is 14.4 Å². The van der Waals surface area contributed by atoms with Crippen LogP contribution in [0.4, 0.5) is 0 Å². The molecule has 1 saturated heterocycles. The van der Waals surface area contributed by atoms with Gasteiger partial charge in [-0.3, -0.25) is 14.4 Å². The second-order valence-corrected chi connectivity index (χ2v) is 7.97. The minimum absolute atomic E-state index is 0.00857. The van der Waals surface area contributed by atoms with E-state index in [1.165, 1.54) is 0 Å². The topological polar surface area (TPSA) is 78.5 Å². The molecule has 25 heavy (non-hydrogen) atoms. The number of amides is 3. The van der Waals surface area contributed by atoms with Crippen LogP contribution >= 0.6 is 0 Å². The predicted octanol–water partition coefficient (Wildman–Crippen LogP) is 1.83. The molecule has 142 valence electrons. The van der Waals surface area contributed by atoms with Crippen molar-refractivity contribution in [3.05, 3.63) is 0 Å². The Labute approximate surface area is 151 Å². The van der Waals surface area contributed by atoms with Gasteiger partial charge in [0, 0.05) is 31.5 Å². The maximum atomic E-state index is 12.3. The Hall–Kier alpha value is -1.59. The van der Waals surface area contributed by atoms with E-state index in [2.05, 4.69) is 10.6 Å². The molecule has 6 nitrogen and oxygen atoms in total. The smallest absolute Gasteiger partial charge is 0.242 e. The third-order valence-electron chi connectivity index (χ3n) is 5.25. The lowest BCUT2D eigenvalue weighted by Crippen LogP contribution is -2.52. The molecule has 2 rings (SSSR count). The van der Waals surface area contributed by atoms with E-state index >= 15 is 0 Å².